The van der Waals surface area contributed by atoms with Gasteiger partial charge in [0.2, 0.25) is 12.2 Å². The molecule has 0 atom stereocenters. The van der Waals surface area contributed by atoms with Crippen LogP contribution in [-0.2, 0) is 19.7 Å². The molecule has 1 aromatic carbocycles. The molecule has 88 valence electrons. The number of isocyanates is 2. The molecule has 0 saturated heterocycles. The summed E-state index contributed by atoms with van der Waals surface area (Å²) in [5.41, 5.74) is 0.0642. The first-order valence-electron chi connectivity index (χ1n) is 4.18. The largest absolute Gasteiger partial charge is 0.296 e. The van der Waals surface area contributed by atoms with Gasteiger partial charge in [0.1, 0.15) is 4.90 Å². The van der Waals surface area contributed by atoms with Crippen molar-refractivity contribution in [2.45, 2.75) is 11.8 Å². The van der Waals surface area contributed by atoms with E-state index in [1.807, 2.05) is 0 Å². The molecule has 0 amide bonds. The predicted octanol–water partition coefficient (Wildman–Crippen LogP) is 1.18. The molecule has 0 fully saturated rings. The zero-order chi connectivity index (χ0) is 13.1. The first-order valence-corrected chi connectivity index (χ1v) is 5.62. The lowest BCUT2D eigenvalue weighted by molar-refractivity contribution is 0.483. The van der Waals surface area contributed by atoms with E-state index in [0.717, 1.165) is 18.2 Å². The van der Waals surface area contributed by atoms with Crippen LogP contribution in [0.15, 0.2) is 27.0 Å². The van der Waals surface area contributed by atoms with E-state index in [0.29, 0.717) is 5.56 Å². The van der Waals surface area contributed by atoms with Crippen LogP contribution < -0.4 is 0 Å². The van der Waals surface area contributed by atoms with Gasteiger partial charge in [0.15, 0.2) is 0 Å². The number of benzene rings is 1. The summed E-state index contributed by atoms with van der Waals surface area (Å²) >= 11 is 0. The molecule has 0 aromatic heterocycles. The van der Waals surface area contributed by atoms with Crippen LogP contribution in [-0.4, -0.2) is 25.1 Å². The van der Waals surface area contributed by atoms with E-state index in [1.165, 1.54) is 13.0 Å². The lowest BCUT2D eigenvalue weighted by Gasteiger charge is -2.04. The van der Waals surface area contributed by atoms with Gasteiger partial charge in [0, 0.05) is 0 Å². The number of hydrogen-bond acceptors (Lipinski definition) is 6. The smallest absolute Gasteiger partial charge is 0.282 e. The minimum Gasteiger partial charge on any atom is -0.282 e. The van der Waals surface area contributed by atoms with Crippen LogP contribution in [0.5, 0.6) is 0 Å². The molecule has 17 heavy (non-hydrogen) atoms. The van der Waals surface area contributed by atoms with Crippen LogP contribution in [0.2, 0.25) is 0 Å². The molecular weight excluding hydrogens is 248 g/mol. The van der Waals surface area contributed by atoms with E-state index < -0.39 is 15.0 Å². The van der Waals surface area contributed by atoms with Crippen molar-refractivity contribution in [3.63, 3.8) is 0 Å². The first kappa shape index (κ1) is 13.0. The Morgan fingerprint density at radius 2 is 1.65 bits per heavy atom. The van der Waals surface area contributed by atoms with Crippen molar-refractivity contribution in [2.75, 3.05) is 0 Å². The van der Waals surface area contributed by atoms with Crippen molar-refractivity contribution in [1.29, 1.82) is 0 Å². The van der Waals surface area contributed by atoms with Crippen molar-refractivity contribution in [3.8, 4) is 0 Å². The maximum absolute atomic E-state index is 11.0. The maximum Gasteiger partial charge on any atom is 0.296 e. The monoisotopic (exact) mass is 254 g/mol. The minimum atomic E-state index is -4.52. The number of aliphatic imine (C=N–C) groups is 2. The number of hydrogen-bond donors (Lipinski definition) is 1. The normalized spacial score (nSPS) is 10.2. The quantitative estimate of drug-likeness (QED) is 0.494. The summed E-state index contributed by atoms with van der Waals surface area (Å²) in [6.45, 7) is 1.47. The molecule has 8 heteroatoms. The highest BCUT2D eigenvalue weighted by Gasteiger charge is 2.17. The summed E-state index contributed by atoms with van der Waals surface area (Å²) in [7, 11) is -4.52. The molecular formula is C9H6N2O5S. The van der Waals surface area contributed by atoms with Crippen molar-refractivity contribution in [1.82, 2.24) is 0 Å². The predicted molar refractivity (Wildman–Crippen MR) is 56.6 cm³/mol. The maximum atomic E-state index is 11.0. The highest BCUT2D eigenvalue weighted by molar-refractivity contribution is 7.86. The molecule has 0 aliphatic carbocycles. The van der Waals surface area contributed by atoms with E-state index in [2.05, 4.69) is 9.98 Å². The van der Waals surface area contributed by atoms with Gasteiger partial charge in [0.25, 0.3) is 10.1 Å². The van der Waals surface area contributed by atoms with Gasteiger partial charge >= 0.3 is 0 Å². The van der Waals surface area contributed by atoms with Crippen molar-refractivity contribution >= 4 is 33.7 Å². The number of nitrogens with zero attached hydrogens (tertiary/aromatic N) is 2. The summed E-state index contributed by atoms with van der Waals surface area (Å²) in [6, 6.07) is 2.11. The van der Waals surface area contributed by atoms with Gasteiger partial charge < -0.3 is 0 Å². The zero-order valence-electron chi connectivity index (χ0n) is 8.54. The molecule has 0 radical (unpaired) electrons. The second-order valence-electron chi connectivity index (χ2n) is 2.99. The molecule has 0 aliphatic rings. The average Bonchev–Trinajstić information content (AvgIpc) is 2.21. The third-order valence-electron chi connectivity index (χ3n) is 1.89. The summed E-state index contributed by atoms with van der Waals surface area (Å²) in [5, 5.41) is 0. The Labute approximate surface area is 96.3 Å². The summed E-state index contributed by atoms with van der Waals surface area (Å²) in [5.74, 6) is 0. The molecule has 0 bridgehead atoms. The van der Waals surface area contributed by atoms with E-state index in [9.17, 15) is 18.0 Å². The van der Waals surface area contributed by atoms with Crippen LogP contribution in [0.3, 0.4) is 0 Å². The third-order valence-corrected chi connectivity index (χ3v) is 2.77. The summed E-state index contributed by atoms with van der Waals surface area (Å²) in [4.78, 5) is 26.1. The lowest BCUT2D eigenvalue weighted by atomic mass is 10.2. The fourth-order valence-corrected chi connectivity index (χ4v) is 1.87. The molecule has 1 N–H and O–H groups in total. The summed E-state index contributed by atoms with van der Waals surface area (Å²) in [6.07, 6.45) is 2.42. The van der Waals surface area contributed by atoms with Gasteiger partial charge in [-0.3, -0.25) is 4.55 Å². The average molecular weight is 254 g/mol. The Morgan fingerprint density at radius 1 is 1.12 bits per heavy atom. The Hall–Kier alpha value is -2.11. The SMILES string of the molecule is Cc1cc(S(=O)(=O)O)c(N=C=O)cc1N=C=O. The van der Waals surface area contributed by atoms with Gasteiger partial charge in [0.05, 0.1) is 11.4 Å². The van der Waals surface area contributed by atoms with Crippen molar-refractivity contribution < 1.29 is 22.6 Å². The van der Waals surface area contributed by atoms with Crippen LogP contribution >= 0.6 is 0 Å². The summed E-state index contributed by atoms with van der Waals surface area (Å²) < 4.78 is 30.9. The molecule has 0 heterocycles. The molecule has 0 unspecified atom stereocenters. The fourth-order valence-electron chi connectivity index (χ4n) is 1.17. The van der Waals surface area contributed by atoms with Crippen molar-refractivity contribution in [2.24, 2.45) is 9.98 Å². The van der Waals surface area contributed by atoms with Crippen LogP contribution in [0, 0.1) is 6.92 Å². The van der Waals surface area contributed by atoms with Gasteiger partial charge in [-0.2, -0.15) is 18.4 Å². The van der Waals surface area contributed by atoms with Gasteiger partial charge in [-0.25, -0.2) is 9.59 Å². The van der Waals surface area contributed by atoms with Gasteiger partial charge in [-0.15, -0.1) is 0 Å². The van der Waals surface area contributed by atoms with Gasteiger partial charge in [-0.05, 0) is 24.6 Å². The molecule has 0 saturated carbocycles. The van der Waals surface area contributed by atoms with Crippen LogP contribution in [0.25, 0.3) is 0 Å². The minimum absolute atomic E-state index is 0.0985. The van der Waals surface area contributed by atoms with E-state index in [4.69, 9.17) is 4.55 Å². The van der Waals surface area contributed by atoms with E-state index in [-0.39, 0.29) is 11.4 Å². The Balaban J connectivity index is 3.69. The Bertz CT molecular complexity index is 652. The third kappa shape index (κ3) is 2.93. The Kier molecular flexibility index (Phi) is 3.67. The standard InChI is InChI=1S/C9H6N2O5S/c1-6-2-9(17(14,15)16)8(11-5-13)3-7(6)10-4-12/h2-3H,1H3,(H,14,15,16). The fraction of sp³-hybridized carbons (Fsp3) is 0.111. The number of aryl methyl sites for hydroxylation is 1. The first-order chi connectivity index (χ1) is 7.90. The second kappa shape index (κ2) is 4.82. The number of rotatable bonds is 3. The highest BCUT2D eigenvalue weighted by atomic mass is 32.2. The van der Waals surface area contributed by atoms with E-state index >= 15 is 0 Å². The van der Waals surface area contributed by atoms with E-state index in [1.54, 1.807) is 0 Å². The molecule has 7 nitrogen and oxygen atoms in total. The lowest BCUT2D eigenvalue weighted by Crippen LogP contribution is -1.99. The second-order valence-corrected chi connectivity index (χ2v) is 4.38. The zero-order valence-corrected chi connectivity index (χ0v) is 9.35. The Morgan fingerprint density at radius 3 is 2.12 bits per heavy atom. The molecule has 0 spiro atoms. The van der Waals surface area contributed by atoms with Crippen LogP contribution in [0.4, 0.5) is 11.4 Å². The van der Waals surface area contributed by atoms with Crippen molar-refractivity contribution in [3.05, 3.63) is 17.7 Å². The molecule has 0 aliphatic heterocycles. The number of carbonyl (C=O) groups excluding carboxylic acids is 2. The highest BCUT2D eigenvalue weighted by Crippen LogP contribution is 2.31. The van der Waals surface area contributed by atoms with Gasteiger partial charge in [-0.1, -0.05) is 0 Å². The van der Waals surface area contributed by atoms with Crippen LogP contribution in [0.1, 0.15) is 5.56 Å². The molecule has 1 aromatic rings. The molecule has 1 rings (SSSR count). The topological polar surface area (TPSA) is 113 Å².